The van der Waals surface area contributed by atoms with Crippen molar-refractivity contribution in [1.29, 1.82) is 0 Å². The summed E-state index contributed by atoms with van der Waals surface area (Å²) in [5.74, 6) is -1.54. The topological polar surface area (TPSA) is 119 Å². The molecule has 0 bridgehead atoms. The van der Waals surface area contributed by atoms with Gasteiger partial charge in [0.05, 0.1) is 11.5 Å². The molecule has 0 aromatic rings. The first kappa shape index (κ1) is 20.4. The summed E-state index contributed by atoms with van der Waals surface area (Å²) in [4.78, 5) is 34.9. The second-order valence-corrected chi connectivity index (χ2v) is 9.02. The molecule has 0 saturated carbocycles. The summed E-state index contributed by atoms with van der Waals surface area (Å²) < 4.78 is 27.5. The van der Waals surface area contributed by atoms with E-state index in [1.165, 1.54) is 18.4 Å². The molecule has 1 aliphatic heterocycles. The van der Waals surface area contributed by atoms with Crippen LogP contribution in [0.5, 0.6) is 0 Å². The zero-order valence-electron chi connectivity index (χ0n) is 14.8. The van der Waals surface area contributed by atoms with Crippen LogP contribution in [-0.4, -0.2) is 51.0 Å². The summed E-state index contributed by atoms with van der Waals surface area (Å²) in [7, 11) is -3.05. The highest BCUT2D eigenvalue weighted by Crippen LogP contribution is 2.22. The van der Waals surface area contributed by atoms with E-state index in [-0.39, 0.29) is 23.8 Å². The van der Waals surface area contributed by atoms with Crippen LogP contribution in [-0.2, 0) is 24.2 Å². The summed E-state index contributed by atoms with van der Waals surface area (Å²) >= 11 is 0. The smallest absolute Gasteiger partial charge is 0.321 e. The maximum absolute atomic E-state index is 11.6. The van der Waals surface area contributed by atoms with Gasteiger partial charge in [0, 0.05) is 13.0 Å². The number of carbonyl (C=O) groups is 3. The Bertz CT molecular complexity index is 671. The molecule has 9 heteroatoms. The summed E-state index contributed by atoms with van der Waals surface area (Å²) in [6.45, 7) is -0.113. The van der Waals surface area contributed by atoms with Crippen molar-refractivity contribution in [2.24, 2.45) is 5.92 Å². The van der Waals surface area contributed by atoms with E-state index in [1.807, 2.05) is 0 Å². The van der Waals surface area contributed by atoms with Crippen molar-refractivity contribution < 1.29 is 27.5 Å². The first-order chi connectivity index (χ1) is 12.3. The standard InChI is InChI=1S/C17H26N2O6S/c20-15(11-25-16(21)10-14-7-9-26(23,24)12-14)19-17(22)18-8-6-13-4-2-1-3-5-13/h4,14H,1-3,5-12H2,(H2,18,19,20,22)/t14-/m1/s1. The molecule has 1 heterocycles. The Labute approximate surface area is 153 Å². The number of carbonyl (C=O) groups excluding carboxylic acids is 3. The average Bonchev–Trinajstić information content (AvgIpc) is 2.92. The predicted octanol–water partition coefficient (Wildman–Crippen LogP) is 1.07. The van der Waals surface area contributed by atoms with Crippen molar-refractivity contribution in [2.75, 3.05) is 24.7 Å². The molecule has 0 radical (unpaired) electrons. The number of ether oxygens (including phenoxy) is 1. The second kappa shape index (κ2) is 9.70. The quantitative estimate of drug-likeness (QED) is 0.499. The van der Waals surface area contributed by atoms with Crippen molar-refractivity contribution in [3.05, 3.63) is 11.6 Å². The molecular formula is C17H26N2O6S. The molecule has 0 aromatic heterocycles. The van der Waals surface area contributed by atoms with Gasteiger partial charge in [0.15, 0.2) is 16.4 Å². The summed E-state index contributed by atoms with van der Waals surface area (Å²) in [6.07, 6.45) is 7.88. The average molecular weight is 386 g/mol. The summed E-state index contributed by atoms with van der Waals surface area (Å²) in [5, 5.41) is 4.70. The Morgan fingerprint density at radius 3 is 2.69 bits per heavy atom. The summed E-state index contributed by atoms with van der Waals surface area (Å²) in [5.41, 5.74) is 1.32. The third kappa shape index (κ3) is 7.55. The van der Waals surface area contributed by atoms with E-state index in [0.717, 1.165) is 19.3 Å². The molecule has 2 aliphatic rings. The molecule has 1 atom stereocenters. The molecule has 3 amide bonds. The molecule has 0 unspecified atom stereocenters. The van der Waals surface area contributed by atoms with Crippen LogP contribution in [0.1, 0.15) is 44.9 Å². The molecule has 26 heavy (non-hydrogen) atoms. The van der Waals surface area contributed by atoms with Crippen LogP contribution in [0, 0.1) is 5.92 Å². The highest BCUT2D eigenvalue weighted by molar-refractivity contribution is 7.91. The first-order valence-corrected chi connectivity index (χ1v) is 10.8. The minimum atomic E-state index is -3.05. The molecule has 0 spiro atoms. The van der Waals surface area contributed by atoms with Crippen LogP contribution in [0.3, 0.4) is 0 Å². The molecule has 1 fully saturated rings. The normalized spacial score (nSPS) is 21.5. The molecule has 1 saturated heterocycles. The maximum Gasteiger partial charge on any atom is 0.321 e. The van der Waals surface area contributed by atoms with Crippen LogP contribution in [0.4, 0.5) is 4.79 Å². The Morgan fingerprint density at radius 2 is 2.04 bits per heavy atom. The van der Waals surface area contributed by atoms with Crippen LogP contribution in [0.25, 0.3) is 0 Å². The highest BCUT2D eigenvalue weighted by atomic mass is 32.2. The highest BCUT2D eigenvalue weighted by Gasteiger charge is 2.30. The van der Waals surface area contributed by atoms with Gasteiger partial charge in [-0.1, -0.05) is 11.6 Å². The molecular weight excluding hydrogens is 360 g/mol. The van der Waals surface area contributed by atoms with E-state index in [4.69, 9.17) is 4.74 Å². The largest absolute Gasteiger partial charge is 0.456 e. The zero-order valence-corrected chi connectivity index (χ0v) is 15.6. The van der Waals surface area contributed by atoms with Gasteiger partial charge in [0.2, 0.25) is 0 Å². The number of imide groups is 1. The minimum absolute atomic E-state index is 0.0207. The lowest BCUT2D eigenvalue weighted by Crippen LogP contribution is -2.41. The fraction of sp³-hybridized carbons (Fsp3) is 0.706. The molecule has 0 aromatic carbocycles. The number of hydrogen-bond acceptors (Lipinski definition) is 6. The number of rotatable bonds is 7. The van der Waals surface area contributed by atoms with Gasteiger partial charge in [-0.2, -0.15) is 0 Å². The number of esters is 1. The van der Waals surface area contributed by atoms with Crippen LogP contribution in [0.15, 0.2) is 11.6 Å². The van der Waals surface area contributed by atoms with Crippen molar-refractivity contribution in [3.8, 4) is 0 Å². The molecule has 2 N–H and O–H groups in total. The molecule has 146 valence electrons. The fourth-order valence-corrected chi connectivity index (χ4v) is 5.01. The van der Waals surface area contributed by atoms with Gasteiger partial charge in [0.25, 0.3) is 5.91 Å². The van der Waals surface area contributed by atoms with Crippen molar-refractivity contribution in [3.63, 3.8) is 0 Å². The van der Waals surface area contributed by atoms with Crippen LogP contribution >= 0.6 is 0 Å². The number of allylic oxidation sites excluding steroid dienone is 1. The third-order valence-electron chi connectivity index (χ3n) is 4.52. The first-order valence-electron chi connectivity index (χ1n) is 8.96. The van der Waals surface area contributed by atoms with Gasteiger partial charge in [0.1, 0.15) is 0 Å². The maximum atomic E-state index is 11.6. The van der Waals surface area contributed by atoms with Gasteiger partial charge < -0.3 is 10.1 Å². The predicted molar refractivity (Wildman–Crippen MR) is 95.0 cm³/mol. The number of hydrogen-bond donors (Lipinski definition) is 2. The minimum Gasteiger partial charge on any atom is -0.456 e. The van der Waals surface area contributed by atoms with Crippen molar-refractivity contribution in [2.45, 2.75) is 44.9 Å². The second-order valence-electron chi connectivity index (χ2n) is 6.80. The molecule has 2 rings (SSSR count). The number of sulfone groups is 1. The van der Waals surface area contributed by atoms with E-state index in [2.05, 4.69) is 16.7 Å². The number of urea groups is 1. The van der Waals surface area contributed by atoms with Gasteiger partial charge in [-0.15, -0.1) is 0 Å². The van der Waals surface area contributed by atoms with Crippen LogP contribution in [0.2, 0.25) is 0 Å². The van der Waals surface area contributed by atoms with Crippen LogP contribution < -0.4 is 10.6 Å². The van der Waals surface area contributed by atoms with Gasteiger partial charge in [-0.3, -0.25) is 14.9 Å². The fourth-order valence-electron chi connectivity index (χ4n) is 3.15. The third-order valence-corrected chi connectivity index (χ3v) is 6.35. The summed E-state index contributed by atoms with van der Waals surface area (Å²) in [6, 6.07) is -0.621. The SMILES string of the molecule is O=C(COC(=O)C[C@H]1CCS(=O)(=O)C1)NC(=O)NCCC1=CCCCC1. The van der Waals surface area contributed by atoms with E-state index >= 15 is 0 Å². The Morgan fingerprint density at radius 1 is 1.23 bits per heavy atom. The Balaban J connectivity index is 1.56. The van der Waals surface area contributed by atoms with E-state index in [9.17, 15) is 22.8 Å². The van der Waals surface area contributed by atoms with Crippen molar-refractivity contribution >= 4 is 27.7 Å². The molecule has 1 aliphatic carbocycles. The van der Waals surface area contributed by atoms with Crippen molar-refractivity contribution in [1.82, 2.24) is 10.6 Å². The van der Waals surface area contributed by atoms with E-state index in [0.29, 0.717) is 13.0 Å². The molecule has 8 nitrogen and oxygen atoms in total. The van der Waals surface area contributed by atoms with Gasteiger partial charge in [-0.25, -0.2) is 13.2 Å². The van der Waals surface area contributed by atoms with Gasteiger partial charge in [-0.05, 0) is 44.4 Å². The van der Waals surface area contributed by atoms with E-state index in [1.54, 1.807) is 0 Å². The Kier molecular flexibility index (Phi) is 7.62. The number of nitrogens with one attached hydrogen (secondary N) is 2. The number of amides is 3. The van der Waals surface area contributed by atoms with Gasteiger partial charge >= 0.3 is 12.0 Å². The van der Waals surface area contributed by atoms with E-state index < -0.39 is 34.4 Å². The lowest BCUT2D eigenvalue weighted by Gasteiger charge is -2.13. The lowest BCUT2D eigenvalue weighted by atomic mass is 9.97. The Hall–Kier alpha value is -1.90. The monoisotopic (exact) mass is 386 g/mol. The lowest BCUT2D eigenvalue weighted by molar-refractivity contribution is -0.149. The zero-order chi connectivity index (χ0) is 19.0.